The van der Waals surface area contributed by atoms with E-state index in [1.807, 2.05) is 38.1 Å². The van der Waals surface area contributed by atoms with E-state index >= 15 is 0 Å². The van der Waals surface area contributed by atoms with Crippen molar-refractivity contribution in [2.45, 2.75) is 20.0 Å². The lowest BCUT2D eigenvalue weighted by Crippen LogP contribution is -2.37. The molecule has 0 aliphatic rings. The molecule has 0 saturated heterocycles. The van der Waals surface area contributed by atoms with Gasteiger partial charge in [-0.25, -0.2) is 4.79 Å². The fraction of sp³-hybridized carbons (Fsp3) is 0.278. The van der Waals surface area contributed by atoms with Gasteiger partial charge in [0, 0.05) is 6.54 Å². The number of nitrogens with zero attached hydrogens (tertiary/aromatic N) is 1. The lowest BCUT2D eigenvalue weighted by molar-refractivity contribution is 0.128. The molecule has 0 aliphatic carbocycles. The molecule has 0 fully saturated rings. The average molecular weight is 333 g/mol. The highest BCUT2D eigenvalue weighted by Gasteiger charge is 2.18. The molecule has 2 N–H and O–H groups in total. The highest BCUT2D eigenvalue weighted by molar-refractivity contribution is 6.33. The van der Waals surface area contributed by atoms with Crippen molar-refractivity contribution in [2.24, 2.45) is 0 Å². The Morgan fingerprint density at radius 1 is 1.22 bits per heavy atom. The van der Waals surface area contributed by atoms with Gasteiger partial charge in [0.05, 0.1) is 23.4 Å². The van der Waals surface area contributed by atoms with Gasteiger partial charge in [0.2, 0.25) is 0 Å². The first kappa shape index (κ1) is 17.3. The van der Waals surface area contributed by atoms with Crippen LogP contribution in [0.3, 0.4) is 0 Å². The Morgan fingerprint density at radius 3 is 2.48 bits per heavy atom. The van der Waals surface area contributed by atoms with Crippen molar-refractivity contribution in [1.29, 1.82) is 0 Å². The zero-order valence-corrected chi connectivity index (χ0v) is 14.0. The summed E-state index contributed by atoms with van der Waals surface area (Å²) in [5.74, 6) is 0. The zero-order valence-electron chi connectivity index (χ0n) is 13.3. The largest absolute Gasteiger partial charge is 0.387 e. The number of amides is 2. The fourth-order valence-electron chi connectivity index (χ4n) is 2.22. The molecule has 0 bridgehead atoms. The molecule has 2 rings (SSSR count). The van der Waals surface area contributed by atoms with Crippen molar-refractivity contribution in [1.82, 2.24) is 4.90 Å². The molecule has 2 amide bonds. The summed E-state index contributed by atoms with van der Waals surface area (Å²) in [6.45, 7) is 4.56. The van der Waals surface area contributed by atoms with E-state index in [-0.39, 0.29) is 12.6 Å². The molecule has 2 aromatic rings. The lowest BCUT2D eigenvalue weighted by atomic mass is 10.1. The summed E-state index contributed by atoms with van der Waals surface area (Å²) in [6.07, 6.45) is -0.729. The summed E-state index contributed by atoms with van der Waals surface area (Å²) in [5, 5.41) is 13.6. The van der Waals surface area contributed by atoms with Crippen LogP contribution in [0.2, 0.25) is 5.02 Å². The van der Waals surface area contributed by atoms with E-state index in [0.29, 0.717) is 17.3 Å². The van der Waals surface area contributed by atoms with E-state index in [9.17, 15) is 9.90 Å². The number of halogens is 1. The summed E-state index contributed by atoms with van der Waals surface area (Å²) in [6, 6.07) is 14.4. The van der Waals surface area contributed by atoms with Crippen LogP contribution in [0.4, 0.5) is 10.5 Å². The number of likely N-dealkylation sites (N-methyl/N-ethyl adjacent to an activating group) is 1. The van der Waals surface area contributed by atoms with Crippen LogP contribution in [0.25, 0.3) is 0 Å². The van der Waals surface area contributed by atoms with Gasteiger partial charge in [-0.1, -0.05) is 53.6 Å². The number of rotatable bonds is 5. The maximum absolute atomic E-state index is 12.4. The smallest absolute Gasteiger partial charge is 0.321 e. The van der Waals surface area contributed by atoms with Gasteiger partial charge in [0.25, 0.3) is 0 Å². The number of aliphatic hydroxyl groups is 1. The number of anilines is 1. The van der Waals surface area contributed by atoms with Crippen molar-refractivity contribution in [3.8, 4) is 0 Å². The van der Waals surface area contributed by atoms with Gasteiger partial charge in [0.1, 0.15) is 0 Å². The van der Waals surface area contributed by atoms with E-state index in [2.05, 4.69) is 5.32 Å². The number of hydrogen-bond acceptors (Lipinski definition) is 2. The Balaban J connectivity index is 2.02. The Bertz CT molecular complexity index is 658. The standard InChI is InChI=1S/C18H21ClN2O2/c1-3-21(12-17(22)14-10-8-13(2)9-11-14)18(23)20-16-7-5-4-6-15(16)19/h4-11,17,22H,3,12H2,1-2H3,(H,20,23). The minimum absolute atomic E-state index is 0.218. The second kappa shape index (κ2) is 7.99. The normalized spacial score (nSPS) is 11.8. The van der Waals surface area contributed by atoms with E-state index in [1.54, 1.807) is 29.2 Å². The molecule has 0 spiro atoms. The molecule has 0 aromatic heterocycles. The number of carbonyl (C=O) groups excluding carboxylic acids is 1. The minimum Gasteiger partial charge on any atom is -0.387 e. The molecule has 122 valence electrons. The maximum atomic E-state index is 12.4. The van der Waals surface area contributed by atoms with Crippen molar-refractivity contribution in [3.05, 3.63) is 64.7 Å². The molecule has 2 aromatic carbocycles. The molecule has 4 nitrogen and oxygen atoms in total. The van der Waals surface area contributed by atoms with Crippen molar-refractivity contribution >= 4 is 23.3 Å². The summed E-state index contributed by atoms with van der Waals surface area (Å²) in [7, 11) is 0. The first-order valence-corrected chi connectivity index (χ1v) is 7.94. The summed E-state index contributed by atoms with van der Waals surface area (Å²) < 4.78 is 0. The zero-order chi connectivity index (χ0) is 16.8. The van der Waals surface area contributed by atoms with Crippen molar-refractivity contribution in [2.75, 3.05) is 18.4 Å². The van der Waals surface area contributed by atoms with Crippen LogP contribution in [-0.2, 0) is 0 Å². The molecule has 0 aliphatic heterocycles. The van der Waals surface area contributed by atoms with Gasteiger partial charge in [0.15, 0.2) is 0 Å². The number of aliphatic hydroxyl groups excluding tert-OH is 1. The quantitative estimate of drug-likeness (QED) is 0.860. The van der Waals surface area contributed by atoms with Crippen molar-refractivity contribution in [3.63, 3.8) is 0 Å². The number of carbonyl (C=O) groups is 1. The number of benzene rings is 2. The lowest BCUT2D eigenvalue weighted by Gasteiger charge is -2.24. The van der Waals surface area contributed by atoms with Crippen LogP contribution in [0, 0.1) is 6.92 Å². The molecule has 0 heterocycles. The van der Waals surface area contributed by atoms with Crippen LogP contribution in [-0.4, -0.2) is 29.1 Å². The molecular formula is C18H21ClN2O2. The average Bonchev–Trinajstić information content (AvgIpc) is 2.55. The third kappa shape index (κ3) is 4.71. The number of hydrogen-bond donors (Lipinski definition) is 2. The maximum Gasteiger partial charge on any atom is 0.321 e. The fourth-order valence-corrected chi connectivity index (χ4v) is 2.40. The highest BCUT2D eigenvalue weighted by atomic mass is 35.5. The Labute approximate surface area is 141 Å². The summed E-state index contributed by atoms with van der Waals surface area (Å²) >= 11 is 6.05. The monoisotopic (exact) mass is 332 g/mol. The predicted octanol–water partition coefficient (Wildman–Crippen LogP) is 4.24. The van der Waals surface area contributed by atoms with Crippen LogP contribution in [0.5, 0.6) is 0 Å². The van der Waals surface area contributed by atoms with Gasteiger partial charge in [-0.2, -0.15) is 0 Å². The predicted molar refractivity (Wildman–Crippen MR) is 93.9 cm³/mol. The van der Waals surface area contributed by atoms with E-state index in [1.165, 1.54) is 0 Å². The summed E-state index contributed by atoms with van der Waals surface area (Å²) in [5.41, 5.74) is 2.48. The Hall–Kier alpha value is -2.04. The number of para-hydroxylation sites is 1. The molecule has 1 unspecified atom stereocenters. The van der Waals surface area contributed by atoms with E-state index < -0.39 is 6.10 Å². The van der Waals surface area contributed by atoms with E-state index in [0.717, 1.165) is 11.1 Å². The third-order valence-corrected chi connectivity index (χ3v) is 3.97. The number of aryl methyl sites for hydroxylation is 1. The molecular weight excluding hydrogens is 312 g/mol. The number of urea groups is 1. The van der Waals surface area contributed by atoms with Gasteiger partial charge < -0.3 is 15.3 Å². The van der Waals surface area contributed by atoms with Crippen LogP contribution < -0.4 is 5.32 Å². The van der Waals surface area contributed by atoms with E-state index in [4.69, 9.17) is 11.6 Å². The topological polar surface area (TPSA) is 52.6 Å². The Morgan fingerprint density at radius 2 is 1.87 bits per heavy atom. The Kier molecular flexibility index (Phi) is 6.02. The molecule has 1 atom stereocenters. The highest BCUT2D eigenvalue weighted by Crippen LogP contribution is 2.21. The minimum atomic E-state index is -0.729. The van der Waals surface area contributed by atoms with Crippen LogP contribution in [0.1, 0.15) is 24.2 Å². The first-order chi connectivity index (χ1) is 11.0. The first-order valence-electron chi connectivity index (χ1n) is 7.56. The second-order valence-corrected chi connectivity index (χ2v) is 5.78. The van der Waals surface area contributed by atoms with Gasteiger partial charge in [-0.05, 0) is 31.5 Å². The number of nitrogens with one attached hydrogen (secondary N) is 1. The SMILES string of the molecule is CCN(CC(O)c1ccc(C)cc1)C(=O)Nc1ccccc1Cl. The molecule has 23 heavy (non-hydrogen) atoms. The third-order valence-electron chi connectivity index (χ3n) is 3.64. The van der Waals surface area contributed by atoms with Gasteiger partial charge >= 0.3 is 6.03 Å². The van der Waals surface area contributed by atoms with Crippen LogP contribution >= 0.6 is 11.6 Å². The molecule has 5 heteroatoms. The molecule has 0 radical (unpaired) electrons. The van der Waals surface area contributed by atoms with Gasteiger partial charge in [-0.15, -0.1) is 0 Å². The van der Waals surface area contributed by atoms with Gasteiger partial charge in [-0.3, -0.25) is 0 Å². The molecule has 0 saturated carbocycles. The summed E-state index contributed by atoms with van der Waals surface area (Å²) in [4.78, 5) is 13.9. The van der Waals surface area contributed by atoms with Crippen molar-refractivity contribution < 1.29 is 9.90 Å². The van der Waals surface area contributed by atoms with Crippen LogP contribution in [0.15, 0.2) is 48.5 Å². The second-order valence-electron chi connectivity index (χ2n) is 5.38.